The minimum atomic E-state index is -0.498. The Morgan fingerprint density at radius 1 is 1.41 bits per heavy atom. The van der Waals surface area contributed by atoms with Crippen LogP contribution in [0.4, 0.5) is 11.5 Å². The van der Waals surface area contributed by atoms with Crippen LogP contribution < -0.4 is 4.90 Å². The number of anilines is 2. The quantitative estimate of drug-likeness (QED) is 0.571. The third-order valence-corrected chi connectivity index (χ3v) is 3.57. The molecule has 0 aliphatic rings. The van der Waals surface area contributed by atoms with E-state index in [1.807, 2.05) is 18.2 Å². The van der Waals surface area contributed by atoms with E-state index in [0.717, 1.165) is 3.57 Å². The number of ether oxygens (including phenoxy) is 1. The predicted molar refractivity (Wildman–Crippen MR) is 91.1 cm³/mol. The van der Waals surface area contributed by atoms with E-state index in [0.29, 0.717) is 5.69 Å². The van der Waals surface area contributed by atoms with Crippen LogP contribution in [0, 0.1) is 3.57 Å². The molecule has 2 aromatic rings. The number of carbonyl (C=O) groups is 2. The molecular formula is C15H16IN3O3. The molecule has 1 heterocycles. The number of nitrogens with zero attached hydrogens (tertiary/aromatic N) is 3. The van der Waals surface area contributed by atoms with Crippen LogP contribution >= 0.6 is 22.6 Å². The third-order valence-electron chi connectivity index (χ3n) is 2.90. The van der Waals surface area contributed by atoms with E-state index in [1.54, 1.807) is 26.2 Å². The van der Waals surface area contributed by atoms with Crippen LogP contribution in [0.3, 0.4) is 0 Å². The topological polar surface area (TPSA) is 64.4 Å². The maximum Gasteiger partial charge on any atom is 0.343 e. The van der Waals surface area contributed by atoms with Crippen LogP contribution in [0.25, 0.3) is 0 Å². The zero-order valence-electron chi connectivity index (χ0n) is 12.5. The normalized spacial score (nSPS) is 10.4. The van der Waals surface area contributed by atoms with Crippen molar-refractivity contribution in [3.63, 3.8) is 0 Å². The molecule has 0 spiro atoms. The lowest BCUT2D eigenvalue weighted by atomic mass is 10.2. The molecule has 0 atom stereocenters. The van der Waals surface area contributed by atoms with Gasteiger partial charge in [-0.15, -0.1) is 0 Å². The minimum Gasteiger partial charge on any atom is -0.462 e. The fourth-order valence-electron chi connectivity index (χ4n) is 2.06. The minimum absolute atomic E-state index is 0.230. The van der Waals surface area contributed by atoms with Gasteiger partial charge in [-0.25, -0.2) is 4.79 Å². The summed E-state index contributed by atoms with van der Waals surface area (Å²) in [6, 6.07) is 7.42. The molecule has 0 radical (unpaired) electrons. The Hall–Kier alpha value is -1.90. The average Bonchev–Trinajstić information content (AvgIpc) is 2.80. The van der Waals surface area contributed by atoms with Crippen molar-refractivity contribution in [3.05, 3.63) is 39.6 Å². The molecule has 0 N–H and O–H groups in total. The number of aryl methyl sites for hydroxylation is 1. The van der Waals surface area contributed by atoms with E-state index in [2.05, 4.69) is 27.7 Å². The number of hydrogen-bond acceptors (Lipinski definition) is 4. The Morgan fingerprint density at radius 3 is 2.73 bits per heavy atom. The molecule has 116 valence electrons. The van der Waals surface area contributed by atoms with Crippen molar-refractivity contribution in [1.29, 1.82) is 0 Å². The second-order valence-corrected chi connectivity index (χ2v) is 5.84. The van der Waals surface area contributed by atoms with Gasteiger partial charge in [-0.1, -0.05) is 6.07 Å². The highest BCUT2D eigenvalue weighted by Crippen LogP contribution is 2.29. The van der Waals surface area contributed by atoms with Gasteiger partial charge in [0.2, 0.25) is 5.91 Å². The first-order valence-electron chi connectivity index (χ1n) is 6.71. The van der Waals surface area contributed by atoms with Crippen molar-refractivity contribution in [2.75, 3.05) is 11.5 Å². The summed E-state index contributed by atoms with van der Waals surface area (Å²) in [6.45, 7) is 3.43. The van der Waals surface area contributed by atoms with Crippen LogP contribution in [0.5, 0.6) is 0 Å². The molecule has 1 aromatic carbocycles. The number of carbonyl (C=O) groups excluding carboxylic acids is 2. The molecular weight excluding hydrogens is 397 g/mol. The smallest absolute Gasteiger partial charge is 0.343 e. The first-order valence-corrected chi connectivity index (χ1v) is 7.79. The maximum absolute atomic E-state index is 12.1. The van der Waals surface area contributed by atoms with Gasteiger partial charge < -0.3 is 4.74 Å². The fourth-order valence-corrected chi connectivity index (χ4v) is 2.59. The standard InChI is InChI=1S/C15H16IN3O3/c1-4-22-15(21)13-9-18(3)17-14(13)19(10(2)20)12-7-5-6-11(16)8-12/h5-9H,4H2,1-3H3. The lowest BCUT2D eigenvalue weighted by molar-refractivity contribution is -0.115. The first-order chi connectivity index (χ1) is 10.4. The van der Waals surface area contributed by atoms with Crippen LogP contribution in [-0.2, 0) is 16.6 Å². The van der Waals surface area contributed by atoms with E-state index in [-0.39, 0.29) is 23.9 Å². The van der Waals surface area contributed by atoms with Crippen molar-refractivity contribution < 1.29 is 14.3 Å². The van der Waals surface area contributed by atoms with Crippen LogP contribution in [0.1, 0.15) is 24.2 Å². The number of esters is 1. The van der Waals surface area contributed by atoms with Gasteiger partial charge >= 0.3 is 5.97 Å². The fraction of sp³-hybridized carbons (Fsp3) is 0.267. The number of hydrogen-bond donors (Lipinski definition) is 0. The number of benzene rings is 1. The van der Waals surface area contributed by atoms with E-state index in [9.17, 15) is 9.59 Å². The molecule has 0 fully saturated rings. The second-order valence-electron chi connectivity index (χ2n) is 4.59. The van der Waals surface area contributed by atoms with Crippen molar-refractivity contribution in [2.45, 2.75) is 13.8 Å². The first kappa shape index (κ1) is 16.5. The summed E-state index contributed by atoms with van der Waals surface area (Å²) < 4.78 is 7.51. The molecule has 22 heavy (non-hydrogen) atoms. The second kappa shape index (κ2) is 6.91. The lowest BCUT2D eigenvalue weighted by Crippen LogP contribution is -2.25. The van der Waals surface area contributed by atoms with E-state index in [4.69, 9.17) is 4.74 Å². The molecule has 1 aromatic heterocycles. The summed E-state index contributed by atoms with van der Waals surface area (Å²) in [5.74, 6) is -0.454. The van der Waals surface area contributed by atoms with Gasteiger partial charge in [-0.05, 0) is 47.7 Å². The maximum atomic E-state index is 12.1. The zero-order valence-corrected chi connectivity index (χ0v) is 14.7. The van der Waals surface area contributed by atoms with Crippen molar-refractivity contribution >= 4 is 46.0 Å². The summed E-state index contributed by atoms with van der Waals surface area (Å²) >= 11 is 2.17. The average molecular weight is 413 g/mol. The van der Waals surface area contributed by atoms with Crippen LogP contribution in [0.2, 0.25) is 0 Å². The van der Waals surface area contributed by atoms with Crippen LogP contribution in [-0.4, -0.2) is 28.3 Å². The third kappa shape index (κ3) is 3.46. The Labute approximate surface area is 142 Å². The number of amides is 1. The summed E-state index contributed by atoms with van der Waals surface area (Å²) in [6.07, 6.45) is 1.55. The Balaban J connectivity index is 2.54. The molecule has 0 aliphatic carbocycles. The number of halogens is 1. The van der Waals surface area contributed by atoms with E-state index < -0.39 is 5.97 Å². The SMILES string of the molecule is CCOC(=O)c1cn(C)nc1N(C(C)=O)c1cccc(I)c1. The largest absolute Gasteiger partial charge is 0.462 e. The Bertz CT molecular complexity index is 712. The molecule has 0 aliphatic heterocycles. The molecule has 6 nitrogen and oxygen atoms in total. The molecule has 7 heteroatoms. The van der Waals surface area contributed by atoms with Crippen molar-refractivity contribution in [2.24, 2.45) is 7.05 Å². The van der Waals surface area contributed by atoms with E-state index >= 15 is 0 Å². The van der Waals surface area contributed by atoms with Gasteiger partial charge in [-0.2, -0.15) is 5.10 Å². The highest BCUT2D eigenvalue weighted by atomic mass is 127. The molecule has 0 saturated carbocycles. The summed E-state index contributed by atoms with van der Waals surface area (Å²) in [5.41, 5.74) is 0.919. The molecule has 2 rings (SSSR count). The van der Waals surface area contributed by atoms with Gasteiger partial charge in [0.15, 0.2) is 5.82 Å². The molecule has 0 saturated heterocycles. The van der Waals surface area contributed by atoms with Crippen molar-refractivity contribution in [3.8, 4) is 0 Å². The Morgan fingerprint density at radius 2 is 2.14 bits per heavy atom. The highest BCUT2D eigenvalue weighted by molar-refractivity contribution is 14.1. The summed E-state index contributed by atoms with van der Waals surface area (Å²) in [5, 5.41) is 4.26. The number of aromatic nitrogens is 2. The lowest BCUT2D eigenvalue weighted by Gasteiger charge is -2.20. The van der Waals surface area contributed by atoms with Crippen molar-refractivity contribution in [1.82, 2.24) is 9.78 Å². The van der Waals surface area contributed by atoms with Gasteiger partial charge in [0.25, 0.3) is 0 Å². The van der Waals surface area contributed by atoms with Crippen LogP contribution in [0.15, 0.2) is 30.5 Å². The molecule has 1 amide bonds. The summed E-state index contributed by atoms with van der Waals surface area (Å²) in [4.78, 5) is 25.6. The van der Waals surface area contributed by atoms with Gasteiger partial charge in [0.1, 0.15) is 5.56 Å². The summed E-state index contributed by atoms with van der Waals surface area (Å²) in [7, 11) is 1.69. The van der Waals surface area contributed by atoms with Gasteiger partial charge in [0.05, 0.1) is 12.3 Å². The monoisotopic (exact) mass is 413 g/mol. The Kier molecular flexibility index (Phi) is 5.17. The zero-order chi connectivity index (χ0) is 16.3. The van der Waals surface area contributed by atoms with Gasteiger partial charge in [0, 0.05) is 23.7 Å². The highest BCUT2D eigenvalue weighted by Gasteiger charge is 2.25. The number of rotatable bonds is 4. The van der Waals surface area contributed by atoms with Gasteiger partial charge in [-0.3, -0.25) is 14.4 Å². The van der Waals surface area contributed by atoms with E-state index in [1.165, 1.54) is 16.5 Å². The molecule has 0 unspecified atom stereocenters. The molecule has 0 bridgehead atoms. The predicted octanol–water partition coefficient (Wildman–Crippen LogP) is 2.89.